The maximum Gasteiger partial charge on any atom is 0.260 e. The molecular formula is C19H19BrN2O3. The average Bonchev–Trinajstić information content (AvgIpc) is 2.66. The van der Waals surface area contributed by atoms with Crippen molar-refractivity contribution in [3.05, 3.63) is 64.6 Å². The van der Waals surface area contributed by atoms with E-state index in [1.807, 2.05) is 48.5 Å². The lowest BCUT2D eigenvalue weighted by atomic mass is 10.2. The Kier molecular flexibility index (Phi) is 5.71. The first kappa shape index (κ1) is 17.5. The van der Waals surface area contributed by atoms with Gasteiger partial charge in [0.2, 0.25) is 0 Å². The number of piperazine rings is 1. The van der Waals surface area contributed by atoms with Gasteiger partial charge in [0, 0.05) is 36.2 Å². The largest absolute Gasteiger partial charge is 0.484 e. The number of halogens is 1. The number of hydrogen-bond acceptors (Lipinski definition) is 3. The van der Waals surface area contributed by atoms with Crippen molar-refractivity contribution in [2.24, 2.45) is 0 Å². The van der Waals surface area contributed by atoms with Crippen molar-refractivity contribution in [3.8, 4) is 5.75 Å². The zero-order valence-corrected chi connectivity index (χ0v) is 15.3. The van der Waals surface area contributed by atoms with Crippen LogP contribution in [-0.2, 0) is 4.79 Å². The molecule has 6 heteroatoms. The molecule has 1 aliphatic rings. The first-order valence-corrected chi connectivity index (χ1v) is 8.93. The van der Waals surface area contributed by atoms with Crippen molar-refractivity contribution in [2.75, 3.05) is 32.8 Å². The van der Waals surface area contributed by atoms with E-state index in [1.165, 1.54) is 0 Å². The Hall–Kier alpha value is -2.34. The van der Waals surface area contributed by atoms with Crippen LogP contribution in [0.15, 0.2) is 59.1 Å². The molecule has 25 heavy (non-hydrogen) atoms. The molecule has 2 amide bonds. The molecule has 1 saturated heterocycles. The third-order valence-corrected chi connectivity index (χ3v) is 4.59. The first-order chi connectivity index (χ1) is 12.1. The van der Waals surface area contributed by atoms with E-state index in [0.717, 1.165) is 4.47 Å². The third-order valence-electron chi connectivity index (χ3n) is 4.10. The fourth-order valence-corrected chi connectivity index (χ4v) is 3.12. The van der Waals surface area contributed by atoms with Crippen LogP contribution in [0, 0.1) is 0 Å². The van der Waals surface area contributed by atoms with Crippen molar-refractivity contribution < 1.29 is 14.3 Å². The van der Waals surface area contributed by atoms with Gasteiger partial charge in [0.15, 0.2) is 6.61 Å². The number of hydrogen-bond donors (Lipinski definition) is 0. The van der Waals surface area contributed by atoms with Crippen molar-refractivity contribution >= 4 is 27.7 Å². The van der Waals surface area contributed by atoms with Gasteiger partial charge in [-0.25, -0.2) is 0 Å². The van der Waals surface area contributed by atoms with Crippen molar-refractivity contribution in [1.82, 2.24) is 9.80 Å². The lowest BCUT2D eigenvalue weighted by Crippen LogP contribution is -2.51. The van der Waals surface area contributed by atoms with E-state index in [4.69, 9.17) is 4.74 Å². The average molecular weight is 403 g/mol. The second-order valence-electron chi connectivity index (χ2n) is 5.79. The summed E-state index contributed by atoms with van der Waals surface area (Å²) in [6.07, 6.45) is 0. The molecule has 0 atom stereocenters. The number of ether oxygens (including phenoxy) is 1. The maximum atomic E-state index is 12.5. The summed E-state index contributed by atoms with van der Waals surface area (Å²) < 4.78 is 6.38. The van der Waals surface area contributed by atoms with Gasteiger partial charge in [0.05, 0.1) is 0 Å². The SMILES string of the molecule is O=C(COc1ccccc1)N1CCN(C(=O)c2cccc(Br)c2)CC1. The number of para-hydroxylation sites is 1. The summed E-state index contributed by atoms with van der Waals surface area (Å²) in [4.78, 5) is 28.3. The molecule has 1 heterocycles. The predicted molar refractivity (Wildman–Crippen MR) is 98.6 cm³/mol. The van der Waals surface area contributed by atoms with Gasteiger partial charge < -0.3 is 14.5 Å². The molecule has 1 fully saturated rings. The maximum absolute atomic E-state index is 12.5. The van der Waals surface area contributed by atoms with Gasteiger partial charge in [0.25, 0.3) is 11.8 Å². The van der Waals surface area contributed by atoms with Gasteiger partial charge in [0.1, 0.15) is 5.75 Å². The lowest BCUT2D eigenvalue weighted by molar-refractivity contribution is -0.134. The number of amides is 2. The molecule has 0 radical (unpaired) electrons. The first-order valence-electron chi connectivity index (χ1n) is 8.14. The van der Waals surface area contributed by atoms with E-state index in [2.05, 4.69) is 15.9 Å². The third kappa shape index (κ3) is 4.60. The van der Waals surface area contributed by atoms with Crippen LogP contribution in [0.5, 0.6) is 5.75 Å². The zero-order chi connectivity index (χ0) is 17.6. The number of carbonyl (C=O) groups excluding carboxylic acids is 2. The summed E-state index contributed by atoms with van der Waals surface area (Å²) in [7, 11) is 0. The van der Waals surface area contributed by atoms with E-state index >= 15 is 0 Å². The van der Waals surface area contributed by atoms with Gasteiger partial charge in [-0.3, -0.25) is 9.59 Å². The minimum Gasteiger partial charge on any atom is -0.484 e. The number of nitrogens with zero attached hydrogens (tertiary/aromatic N) is 2. The van der Waals surface area contributed by atoms with E-state index < -0.39 is 0 Å². The molecule has 0 bridgehead atoms. The van der Waals surface area contributed by atoms with Gasteiger partial charge >= 0.3 is 0 Å². The smallest absolute Gasteiger partial charge is 0.260 e. The Morgan fingerprint density at radius 3 is 2.28 bits per heavy atom. The molecule has 2 aromatic rings. The quantitative estimate of drug-likeness (QED) is 0.789. The highest BCUT2D eigenvalue weighted by Crippen LogP contribution is 2.15. The Morgan fingerprint density at radius 2 is 1.60 bits per heavy atom. The molecule has 3 rings (SSSR count). The summed E-state index contributed by atoms with van der Waals surface area (Å²) >= 11 is 3.38. The molecule has 130 valence electrons. The second kappa shape index (κ2) is 8.16. The normalized spacial score (nSPS) is 14.3. The molecular weight excluding hydrogens is 384 g/mol. The molecule has 5 nitrogen and oxygen atoms in total. The monoisotopic (exact) mass is 402 g/mol. The Balaban J connectivity index is 1.49. The molecule has 0 spiro atoms. The number of carbonyl (C=O) groups is 2. The number of benzene rings is 2. The van der Waals surface area contributed by atoms with Crippen LogP contribution in [0.25, 0.3) is 0 Å². The van der Waals surface area contributed by atoms with Gasteiger partial charge in [-0.1, -0.05) is 40.2 Å². The van der Waals surface area contributed by atoms with E-state index in [-0.39, 0.29) is 18.4 Å². The minimum atomic E-state index is -0.0570. The van der Waals surface area contributed by atoms with Crippen LogP contribution >= 0.6 is 15.9 Å². The van der Waals surface area contributed by atoms with Crippen LogP contribution < -0.4 is 4.74 Å². The minimum absolute atomic E-state index is 0.00562. The van der Waals surface area contributed by atoms with Crippen molar-refractivity contribution in [1.29, 1.82) is 0 Å². The van der Waals surface area contributed by atoms with Crippen LogP contribution in [0.2, 0.25) is 0 Å². The molecule has 0 unspecified atom stereocenters. The highest BCUT2D eigenvalue weighted by atomic mass is 79.9. The molecule has 2 aromatic carbocycles. The number of rotatable bonds is 4. The fraction of sp³-hybridized carbons (Fsp3) is 0.263. The van der Waals surface area contributed by atoms with Crippen LogP contribution in [0.1, 0.15) is 10.4 Å². The molecule has 0 aromatic heterocycles. The molecule has 0 saturated carbocycles. The van der Waals surface area contributed by atoms with E-state index in [1.54, 1.807) is 15.9 Å². The van der Waals surface area contributed by atoms with Gasteiger partial charge in [-0.2, -0.15) is 0 Å². The van der Waals surface area contributed by atoms with Crippen LogP contribution in [-0.4, -0.2) is 54.4 Å². The Morgan fingerprint density at radius 1 is 0.920 bits per heavy atom. The zero-order valence-electron chi connectivity index (χ0n) is 13.7. The summed E-state index contributed by atoms with van der Waals surface area (Å²) in [5, 5.41) is 0. The Labute approximate surface area is 155 Å². The van der Waals surface area contributed by atoms with Crippen LogP contribution in [0.4, 0.5) is 0 Å². The highest BCUT2D eigenvalue weighted by Gasteiger charge is 2.25. The summed E-state index contributed by atoms with van der Waals surface area (Å²) in [5.74, 6) is 0.617. The summed E-state index contributed by atoms with van der Waals surface area (Å²) in [6.45, 7) is 2.13. The molecule has 0 N–H and O–H groups in total. The molecule has 1 aliphatic heterocycles. The fourth-order valence-electron chi connectivity index (χ4n) is 2.72. The summed E-state index contributed by atoms with van der Waals surface area (Å²) in [6, 6.07) is 16.6. The van der Waals surface area contributed by atoms with Crippen LogP contribution in [0.3, 0.4) is 0 Å². The van der Waals surface area contributed by atoms with Crippen molar-refractivity contribution in [3.63, 3.8) is 0 Å². The van der Waals surface area contributed by atoms with E-state index in [9.17, 15) is 9.59 Å². The highest BCUT2D eigenvalue weighted by molar-refractivity contribution is 9.10. The summed E-state index contributed by atoms with van der Waals surface area (Å²) in [5.41, 5.74) is 0.654. The standard InChI is InChI=1S/C19H19BrN2O3/c20-16-6-4-5-15(13-16)19(24)22-11-9-21(10-12-22)18(23)14-25-17-7-2-1-3-8-17/h1-8,13H,9-12,14H2. The predicted octanol–water partition coefficient (Wildman–Crippen LogP) is 2.81. The topological polar surface area (TPSA) is 49.9 Å². The second-order valence-corrected chi connectivity index (χ2v) is 6.70. The van der Waals surface area contributed by atoms with Gasteiger partial charge in [-0.15, -0.1) is 0 Å². The van der Waals surface area contributed by atoms with E-state index in [0.29, 0.717) is 37.5 Å². The van der Waals surface area contributed by atoms with Gasteiger partial charge in [-0.05, 0) is 30.3 Å². The molecule has 0 aliphatic carbocycles. The van der Waals surface area contributed by atoms with Crippen molar-refractivity contribution in [2.45, 2.75) is 0 Å². The Bertz CT molecular complexity index is 743. The lowest BCUT2D eigenvalue weighted by Gasteiger charge is -2.34.